The van der Waals surface area contributed by atoms with E-state index in [0.717, 1.165) is 38.5 Å². The van der Waals surface area contributed by atoms with E-state index in [0.29, 0.717) is 0 Å². The molecule has 3 heteroatoms. The average molecular weight is 198 g/mol. The quantitative estimate of drug-likeness (QED) is 0.649. The maximum Gasteiger partial charge on any atom is 0.309 e. The van der Waals surface area contributed by atoms with Crippen LogP contribution in [0.1, 0.15) is 38.5 Å². The summed E-state index contributed by atoms with van der Waals surface area (Å²) in [6.45, 7) is 0. The minimum absolute atomic E-state index is 0.0506. The highest BCUT2D eigenvalue weighted by molar-refractivity contribution is 5.73. The van der Waals surface area contributed by atoms with Gasteiger partial charge in [-0.3, -0.25) is 4.79 Å². The number of methoxy groups -OCH3 is 1. The van der Waals surface area contributed by atoms with Crippen molar-refractivity contribution in [2.75, 3.05) is 7.11 Å². The van der Waals surface area contributed by atoms with E-state index in [1.807, 2.05) is 0 Å². The number of aliphatic hydroxyl groups is 1. The lowest BCUT2D eigenvalue weighted by atomic mass is 9.75. The van der Waals surface area contributed by atoms with Gasteiger partial charge in [0.25, 0.3) is 0 Å². The van der Waals surface area contributed by atoms with Crippen LogP contribution in [0.4, 0.5) is 0 Å². The van der Waals surface area contributed by atoms with Gasteiger partial charge in [-0.15, -0.1) is 0 Å². The fraction of sp³-hybridized carbons (Fsp3) is 0.909. The Balaban J connectivity index is 2.13. The molecule has 0 spiro atoms. The summed E-state index contributed by atoms with van der Waals surface area (Å²) in [5, 5.41) is 10.3. The van der Waals surface area contributed by atoms with Crippen LogP contribution in [0, 0.1) is 11.8 Å². The summed E-state index contributed by atoms with van der Waals surface area (Å²) in [6.07, 6.45) is 5.66. The highest BCUT2D eigenvalue weighted by atomic mass is 16.5. The SMILES string of the molecule is COC(=O)[C@H]1CC[C@]2(O)CCCC[C@H]12. The second kappa shape index (κ2) is 3.54. The normalized spacial score (nSPS) is 41.9. The average Bonchev–Trinajstić information content (AvgIpc) is 2.54. The van der Waals surface area contributed by atoms with Crippen LogP contribution in [0.2, 0.25) is 0 Å². The Bertz CT molecular complexity index is 239. The topological polar surface area (TPSA) is 46.5 Å². The predicted octanol–water partition coefficient (Wildman–Crippen LogP) is 1.49. The van der Waals surface area contributed by atoms with Crippen molar-refractivity contribution >= 4 is 5.97 Å². The smallest absolute Gasteiger partial charge is 0.309 e. The molecule has 2 aliphatic rings. The molecule has 0 radical (unpaired) electrons. The van der Waals surface area contributed by atoms with Crippen molar-refractivity contribution in [3.8, 4) is 0 Å². The number of rotatable bonds is 1. The summed E-state index contributed by atoms with van der Waals surface area (Å²) in [4.78, 5) is 11.5. The van der Waals surface area contributed by atoms with Crippen molar-refractivity contribution in [3.05, 3.63) is 0 Å². The molecule has 3 nitrogen and oxygen atoms in total. The van der Waals surface area contributed by atoms with E-state index in [1.165, 1.54) is 7.11 Å². The Hall–Kier alpha value is -0.570. The number of fused-ring (bicyclic) bond motifs is 1. The van der Waals surface area contributed by atoms with Crippen molar-refractivity contribution < 1.29 is 14.6 Å². The number of esters is 1. The van der Waals surface area contributed by atoms with E-state index in [9.17, 15) is 9.90 Å². The molecule has 1 N–H and O–H groups in total. The van der Waals surface area contributed by atoms with Gasteiger partial charge in [0.05, 0.1) is 18.6 Å². The summed E-state index contributed by atoms with van der Waals surface area (Å²) in [7, 11) is 1.43. The standard InChI is InChI=1S/C11H18O3/c1-14-10(12)8-5-7-11(13)6-3-2-4-9(8)11/h8-9,13H,2-7H2,1H3/t8-,9+,11+/m0/s1. The molecule has 2 saturated carbocycles. The first-order valence-electron chi connectivity index (χ1n) is 5.47. The maximum atomic E-state index is 11.5. The van der Waals surface area contributed by atoms with Gasteiger partial charge in [-0.05, 0) is 25.7 Å². The number of carbonyl (C=O) groups is 1. The molecule has 3 atom stereocenters. The van der Waals surface area contributed by atoms with Crippen molar-refractivity contribution in [1.82, 2.24) is 0 Å². The minimum Gasteiger partial charge on any atom is -0.469 e. The van der Waals surface area contributed by atoms with Gasteiger partial charge in [-0.2, -0.15) is 0 Å². The Morgan fingerprint density at radius 3 is 2.86 bits per heavy atom. The van der Waals surface area contributed by atoms with Crippen LogP contribution in [0.25, 0.3) is 0 Å². The van der Waals surface area contributed by atoms with Gasteiger partial charge in [0.1, 0.15) is 0 Å². The number of carbonyl (C=O) groups excluding carboxylic acids is 1. The third kappa shape index (κ3) is 1.44. The van der Waals surface area contributed by atoms with Crippen LogP contribution in [0.3, 0.4) is 0 Å². The van der Waals surface area contributed by atoms with Crippen LogP contribution in [-0.2, 0) is 9.53 Å². The summed E-state index contributed by atoms with van der Waals surface area (Å²) in [5.74, 6) is -0.0261. The molecular formula is C11H18O3. The largest absolute Gasteiger partial charge is 0.469 e. The molecule has 0 aliphatic heterocycles. The monoisotopic (exact) mass is 198 g/mol. The van der Waals surface area contributed by atoms with Gasteiger partial charge < -0.3 is 9.84 Å². The van der Waals surface area contributed by atoms with Gasteiger partial charge in [0.2, 0.25) is 0 Å². The van der Waals surface area contributed by atoms with E-state index >= 15 is 0 Å². The first-order valence-corrected chi connectivity index (χ1v) is 5.47. The summed E-state index contributed by atoms with van der Waals surface area (Å²) in [6, 6.07) is 0. The zero-order valence-corrected chi connectivity index (χ0v) is 8.66. The molecule has 14 heavy (non-hydrogen) atoms. The van der Waals surface area contributed by atoms with E-state index in [-0.39, 0.29) is 17.8 Å². The van der Waals surface area contributed by atoms with E-state index in [1.54, 1.807) is 0 Å². The molecule has 2 aliphatic carbocycles. The molecule has 0 saturated heterocycles. The van der Waals surface area contributed by atoms with E-state index < -0.39 is 5.60 Å². The van der Waals surface area contributed by atoms with Crippen LogP contribution in [0.15, 0.2) is 0 Å². The van der Waals surface area contributed by atoms with Crippen LogP contribution in [-0.4, -0.2) is 23.8 Å². The Kier molecular flexibility index (Phi) is 2.52. The van der Waals surface area contributed by atoms with E-state index in [2.05, 4.69) is 0 Å². The zero-order chi connectivity index (χ0) is 10.2. The molecule has 2 rings (SSSR count). The molecule has 2 fully saturated rings. The van der Waals surface area contributed by atoms with E-state index in [4.69, 9.17) is 4.74 Å². The highest BCUT2D eigenvalue weighted by Crippen LogP contribution is 2.49. The molecule has 0 aromatic carbocycles. The summed E-state index contributed by atoms with van der Waals surface area (Å²) >= 11 is 0. The molecule has 0 aromatic rings. The Labute approximate surface area is 84.4 Å². The zero-order valence-electron chi connectivity index (χ0n) is 8.66. The fourth-order valence-electron chi connectivity index (χ4n) is 3.18. The molecular weight excluding hydrogens is 180 g/mol. The molecule has 0 amide bonds. The lowest BCUT2D eigenvalue weighted by molar-refractivity contribution is -0.149. The van der Waals surface area contributed by atoms with Crippen LogP contribution >= 0.6 is 0 Å². The van der Waals surface area contributed by atoms with Gasteiger partial charge in [0.15, 0.2) is 0 Å². The minimum atomic E-state index is -0.558. The first kappa shape index (κ1) is 9.97. The second-order valence-corrected chi connectivity index (χ2v) is 4.62. The van der Waals surface area contributed by atoms with Gasteiger partial charge in [-0.1, -0.05) is 12.8 Å². The lowest BCUT2D eigenvalue weighted by Crippen LogP contribution is -2.39. The van der Waals surface area contributed by atoms with Gasteiger partial charge in [0, 0.05) is 5.92 Å². The third-order valence-electron chi connectivity index (χ3n) is 3.94. The molecule has 0 aromatic heterocycles. The van der Waals surface area contributed by atoms with Crippen molar-refractivity contribution in [1.29, 1.82) is 0 Å². The summed E-state index contributed by atoms with van der Waals surface area (Å²) < 4.78 is 4.78. The fourth-order valence-corrected chi connectivity index (χ4v) is 3.18. The molecule has 0 bridgehead atoms. The number of hydrogen-bond donors (Lipinski definition) is 1. The summed E-state index contributed by atoms with van der Waals surface area (Å²) in [5.41, 5.74) is -0.558. The maximum absolute atomic E-state index is 11.5. The number of ether oxygens (including phenoxy) is 1. The molecule has 80 valence electrons. The molecule has 0 heterocycles. The van der Waals surface area contributed by atoms with Gasteiger partial charge >= 0.3 is 5.97 Å². The van der Waals surface area contributed by atoms with Gasteiger partial charge in [-0.25, -0.2) is 0 Å². The second-order valence-electron chi connectivity index (χ2n) is 4.62. The Morgan fingerprint density at radius 2 is 2.14 bits per heavy atom. The first-order chi connectivity index (χ1) is 6.67. The van der Waals surface area contributed by atoms with Crippen molar-refractivity contribution in [3.63, 3.8) is 0 Å². The Morgan fingerprint density at radius 1 is 1.36 bits per heavy atom. The van der Waals surface area contributed by atoms with Crippen LogP contribution < -0.4 is 0 Å². The predicted molar refractivity (Wildman–Crippen MR) is 51.6 cm³/mol. The lowest BCUT2D eigenvalue weighted by Gasteiger charge is -2.36. The van der Waals surface area contributed by atoms with Crippen LogP contribution in [0.5, 0.6) is 0 Å². The van der Waals surface area contributed by atoms with Crippen molar-refractivity contribution in [2.45, 2.75) is 44.1 Å². The third-order valence-corrected chi connectivity index (χ3v) is 3.94. The highest BCUT2D eigenvalue weighted by Gasteiger charge is 2.50. The number of hydrogen-bond acceptors (Lipinski definition) is 3. The van der Waals surface area contributed by atoms with Crippen molar-refractivity contribution in [2.24, 2.45) is 11.8 Å². The molecule has 0 unspecified atom stereocenters.